The highest BCUT2D eigenvalue weighted by Crippen LogP contribution is 2.31. The molecular formula is C16H10ClNO2. The van der Waals surface area contributed by atoms with Gasteiger partial charge in [0.15, 0.2) is 6.29 Å². The van der Waals surface area contributed by atoms with Crippen molar-refractivity contribution in [2.75, 3.05) is 0 Å². The van der Waals surface area contributed by atoms with E-state index in [4.69, 9.17) is 11.6 Å². The summed E-state index contributed by atoms with van der Waals surface area (Å²) >= 11 is 5.97. The van der Waals surface area contributed by atoms with Gasteiger partial charge in [0.25, 0.3) is 0 Å². The Morgan fingerprint density at radius 3 is 2.75 bits per heavy atom. The topological polar surface area (TPSA) is 50.2 Å². The van der Waals surface area contributed by atoms with Crippen molar-refractivity contribution in [1.29, 1.82) is 0 Å². The molecule has 0 saturated carbocycles. The van der Waals surface area contributed by atoms with Crippen molar-refractivity contribution in [3.8, 4) is 16.9 Å². The maximum Gasteiger partial charge on any atom is 0.153 e. The molecule has 0 fully saturated rings. The first kappa shape index (κ1) is 12.6. The molecule has 3 aromatic rings. The smallest absolute Gasteiger partial charge is 0.153 e. The summed E-state index contributed by atoms with van der Waals surface area (Å²) in [4.78, 5) is 15.2. The van der Waals surface area contributed by atoms with Crippen molar-refractivity contribution in [2.45, 2.75) is 0 Å². The zero-order valence-corrected chi connectivity index (χ0v) is 11.1. The zero-order chi connectivity index (χ0) is 14.1. The van der Waals surface area contributed by atoms with Gasteiger partial charge in [-0.05, 0) is 41.5 Å². The molecule has 1 N–H and O–H groups in total. The monoisotopic (exact) mass is 283 g/mol. The maximum atomic E-state index is 10.9. The fourth-order valence-electron chi connectivity index (χ4n) is 2.19. The number of halogens is 1. The molecule has 0 atom stereocenters. The number of carbonyl (C=O) groups excluding carboxylic acids is 1. The third-order valence-electron chi connectivity index (χ3n) is 3.17. The van der Waals surface area contributed by atoms with Gasteiger partial charge in [-0.1, -0.05) is 23.7 Å². The molecule has 0 bridgehead atoms. The molecule has 1 heterocycles. The van der Waals surface area contributed by atoms with Crippen LogP contribution in [-0.4, -0.2) is 16.4 Å². The van der Waals surface area contributed by atoms with Crippen LogP contribution < -0.4 is 0 Å². The van der Waals surface area contributed by atoms with Crippen LogP contribution in [0, 0.1) is 0 Å². The quantitative estimate of drug-likeness (QED) is 0.721. The van der Waals surface area contributed by atoms with Crippen LogP contribution in [0.15, 0.2) is 48.7 Å². The number of fused-ring (bicyclic) bond motifs is 1. The Labute approximate surface area is 120 Å². The molecule has 98 valence electrons. The minimum absolute atomic E-state index is 0.0230. The SMILES string of the molecule is O=Cc1cc(-c2ccnc3cc(Cl)ccc23)ccc1O. The van der Waals surface area contributed by atoms with Crippen LogP contribution in [0.25, 0.3) is 22.0 Å². The van der Waals surface area contributed by atoms with Gasteiger partial charge in [-0.2, -0.15) is 0 Å². The second kappa shape index (κ2) is 4.94. The van der Waals surface area contributed by atoms with Crippen molar-refractivity contribution < 1.29 is 9.90 Å². The summed E-state index contributed by atoms with van der Waals surface area (Å²) in [5, 5.41) is 11.1. The second-order valence-corrected chi connectivity index (χ2v) is 4.85. The van der Waals surface area contributed by atoms with E-state index in [1.807, 2.05) is 12.1 Å². The molecule has 3 nitrogen and oxygen atoms in total. The van der Waals surface area contributed by atoms with Crippen molar-refractivity contribution >= 4 is 28.8 Å². The number of benzene rings is 2. The lowest BCUT2D eigenvalue weighted by Gasteiger charge is -2.08. The number of phenolic OH excluding ortho intramolecular Hbond substituents is 1. The first-order valence-corrected chi connectivity index (χ1v) is 6.39. The molecule has 0 spiro atoms. The number of nitrogens with zero attached hydrogens (tertiary/aromatic N) is 1. The van der Waals surface area contributed by atoms with Gasteiger partial charge in [-0.25, -0.2) is 0 Å². The van der Waals surface area contributed by atoms with Gasteiger partial charge in [0.2, 0.25) is 0 Å². The molecule has 0 saturated heterocycles. The van der Waals surface area contributed by atoms with E-state index in [-0.39, 0.29) is 11.3 Å². The lowest BCUT2D eigenvalue weighted by molar-refractivity contribution is 0.112. The van der Waals surface area contributed by atoms with Crippen molar-refractivity contribution in [2.24, 2.45) is 0 Å². The van der Waals surface area contributed by atoms with Gasteiger partial charge in [-0.15, -0.1) is 0 Å². The summed E-state index contributed by atoms with van der Waals surface area (Å²) in [6.07, 6.45) is 2.33. The molecule has 0 aliphatic carbocycles. The second-order valence-electron chi connectivity index (χ2n) is 4.41. The van der Waals surface area contributed by atoms with Crippen LogP contribution in [0.5, 0.6) is 5.75 Å². The van der Waals surface area contributed by atoms with Crippen molar-refractivity contribution in [3.63, 3.8) is 0 Å². The minimum atomic E-state index is -0.0230. The van der Waals surface area contributed by atoms with E-state index < -0.39 is 0 Å². The summed E-state index contributed by atoms with van der Waals surface area (Å²) in [7, 11) is 0. The molecule has 20 heavy (non-hydrogen) atoms. The Hall–Kier alpha value is -2.39. The number of pyridine rings is 1. The first-order chi connectivity index (χ1) is 9.69. The van der Waals surface area contributed by atoms with E-state index in [0.29, 0.717) is 11.3 Å². The number of hydrogen-bond donors (Lipinski definition) is 1. The number of hydrogen-bond acceptors (Lipinski definition) is 3. The number of carbonyl (C=O) groups is 1. The Morgan fingerprint density at radius 1 is 1.10 bits per heavy atom. The van der Waals surface area contributed by atoms with Gasteiger partial charge in [0.1, 0.15) is 5.75 Å². The number of aromatic hydroxyl groups is 1. The molecule has 3 rings (SSSR count). The third-order valence-corrected chi connectivity index (χ3v) is 3.41. The summed E-state index contributed by atoms with van der Waals surface area (Å²) in [6.45, 7) is 0. The highest BCUT2D eigenvalue weighted by atomic mass is 35.5. The average molecular weight is 284 g/mol. The Kier molecular flexibility index (Phi) is 3.12. The Balaban J connectivity index is 2.26. The third kappa shape index (κ3) is 2.12. The molecule has 0 unspecified atom stereocenters. The molecule has 0 aliphatic rings. The fraction of sp³-hybridized carbons (Fsp3) is 0. The predicted molar refractivity (Wildman–Crippen MR) is 79.2 cm³/mol. The minimum Gasteiger partial charge on any atom is -0.507 e. The molecule has 2 aromatic carbocycles. The summed E-state index contributed by atoms with van der Waals surface area (Å²) in [5.41, 5.74) is 2.84. The number of aromatic nitrogens is 1. The lowest BCUT2D eigenvalue weighted by Crippen LogP contribution is -1.87. The lowest BCUT2D eigenvalue weighted by atomic mass is 9.99. The van der Waals surface area contributed by atoms with E-state index >= 15 is 0 Å². The average Bonchev–Trinajstić information content (AvgIpc) is 2.47. The molecule has 4 heteroatoms. The van der Waals surface area contributed by atoms with Gasteiger partial charge < -0.3 is 5.11 Å². The molecular weight excluding hydrogens is 274 g/mol. The molecule has 0 radical (unpaired) electrons. The summed E-state index contributed by atoms with van der Waals surface area (Å²) in [5.74, 6) is -0.0230. The highest BCUT2D eigenvalue weighted by molar-refractivity contribution is 6.31. The first-order valence-electron chi connectivity index (χ1n) is 6.02. The van der Waals surface area contributed by atoms with E-state index in [9.17, 15) is 9.90 Å². The summed E-state index contributed by atoms with van der Waals surface area (Å²) in [6, 6.07) is 12.3. The van der Waals surface area contributed by atoms with Crippen molar-refractivity contribution in [1.82, 2.24) is 4.98 Å². The van der Waals surface area contributed by atoms with Crippen LogP contribution in [0.4, 0.5) is 0 Å². The van der Waals surface area contributed by atoms with Gasteiger partial charge >= 0.3 is 0 Å². The fourth-order valence-corrected chi connectivity index (χ4v) is 2.36. The Morgan fingerprint density at radius 2 is 1.95 bits per heavy atom. The van der Waals surface area contributed by atoms with Crippen LogP contribution >= 0.6 is 11.6 Å². The van der Waals surface area contributed by atoms with E-state index in [0.717, 1.165) is 22.0 Å². The predicted octanol–water partition coefficient (Wildman–Crippen LogP) is 4.07. The van der Waals surface area contributed by atoms with Gasteiger partial charge in [-0.3, -0.25) is 9.78 Å². The molecule has 1 aromatic heterocycles. The van der Waals surface area contributed by atoms with Crippen LogP contribution in [0.1, 0.15) is 10.4 Å². The molecule has 0 amide bonds. The molecule has 0 aliphatic heterocycles. The maximum absolute atomic E-state index is 10.9. The van der Waals surface area contributed by atoms with Gasteiger partial charge in [0, 0.05) is 16.6 Å². The summed E-state index contributed by atoms with van der Waals surface area (Å²) < 4.78 is 0. The van der Waals surface area contributed by atoms with Gasteiger partial charge in [0.05, 0.1) is 11.1 Å². The van der Waals surface area contributed by atoms with E-state index in [2.05, 4.69) is 4.98 Å². The van der Waals surface area contributed by atoms with Crippen LogP contribution in [0.3, 0.4) is 0 Å². The highest BCUT2D eigenvalue weighted by Gasteiger charge is 2.08. The number of rotatable bonds is 2. The van der Waals surface area contributed by atoms with E-state index in [1.165, 1.54) is 6.07 Å². The van der Waals surface area contributed by atoms with Crippen LogP contribution in [-0.2, 0) is 0 Å². The van der Waals surface area contributed by atoms with Crippen LogP contribution in [0.2, 0.25) is 5.02 Å². The zero-order valence-electron chi connectivity index (χ0n) is 10.4. The normalized spacial score (nSPS) is 10.7. The van der Waals surface area contributed by atoms with Crippen molar-refractivity contribution in [3.05, 3.63) is 59.2 Å². The van der Waals surface area contributed by atoms with E-state index in [1.54, 1.807) is 30.5 Å². The number of aldehydes is 1. The standard InChI is InChI=1S/C16H10ClNO2/c17-12-2-3-14-13(5-6-18-15(14)8-12)10-1-4-16(20)11(7-10)9-19/h1-9,20H. The largest absolute Gasteiger partial charge is 0.507 e. The number of phenols is 1. The Bertz CT molecular complexity index is 815.